The Kier molecular flexibility index (Phi) is 4.60. The van der Waals surface area contributed by atoms with E-state index in [1.54, 1.807) is 20.4 Å². The molecule has 6 nitrogen and oxygen atoms in total. The topological polar surface area (TPSA) is 65.4 Å². The molecule has 0 atom stereocenters. The molecule has 2 rings (SSSR count). The second-order valence-electron chi connectivity index (χ2n) is 4.08. The molecule has 0 spiro atoms. The minimum atomic E-state index is -0.157. The summed E-state index contributed by atoms with van der Waals surface area (Å²) >= 11 is 0. The summed E-state index contributed by atoms with van der Waals surface area (Å²) in [6.45, 7) is 0.771. The zero-order valence-electron chi connectivity index (χ0n) is 11.5. The van der Waals surface area contributed by atoms with E-state index in [0.717, 1.165) is 11.5 Å². The molecule has 0 saturated heterocycles. The van der Waals surface area contributed by atoms with Gasteiger partial charge in [0.15, 0.2) is 0 Å². The van der Waals surface area contributed by atoms with Gasteiger partial charge in [-0.2, -0.15) is 5.10 Å². The molecule has 0 fully saturated rings. The third-order valence-corrected chi connectivity index (χ3v) is 2.79. The van der Waals surface area contributed by atoms with Crippen molar-refractivity contribution in [3.63, 3.8) is 0 Å². The van der Waals surface area contributed by atoms with Crippen LogP contribution in [0.1, 0.15) is 0 Å². The number of anilines is 1. The molecule has 0 unspecified atom stereocenters. The molecular weight excluding hydrogens is 258 g/mol. The van der Waals surface area contributed by atoms with Gasteiger partial charge in [-0.25, -0.2) is 4.68 Å². The highest BCUT2D eigenvalue weighted by Crippen LogP contribution is 2.16. The number of hydrogen-bond donors (Lipinski definition) is 1. The SMILES string of the molecule is CNc1cnn(CCOc2ccc(OC)cc2)c(=O)c1. The van der Waals surface area contributed by atoms with E-state index in [9.17, 15) is 4.79 Å². The number of benzene rings is 1. The Balaban J connectivity index is 1.90. The van der Waals surface area contributed by atoms with E-state index in [1.165, 1.54) is 10.7 Å². The van der Waals surface area contributed by atoms with Crippen LogP contribution >= 0.6 is 0 Å². The summed E-state index contributed by atoms with van der Waals surface area (Å²) in [6.07, 6.45) is 1.61. The van der Waals surface area contributed by atoms with Crippen molar-refractivity contribution in [2.24, 2.45) is 0 Å². The molecule has 0 aliphatic rings. The van der Waals surface area contributed by atoms with Crippen molar-refractivity contribution >= 4 is 5.69 Å². The van der Waals surface area contributed by atoms with Crippen LogP contribution in [0.15, 0.2) is 41.3 Å². The standard InChI is InChI=1S/C14H17N3O3/c1-15-11-9-14(18)17(16-10-11)7-8-20-13-5-3-12(19-2)4-6-13/h3-6,9-10,15H,7-8H2,1-2H3. The van der Waals surface area contributed by atoms with E-state index in [-0.39, 0.29) is 5.56 Å². The van der Waals surface area contributed by atoms with E-state index in [2.05, 4.69) is 10.4 Å². The fourth-order valence-electron chi connectivity index (χ4n) is 1.66. The number of hydrogen-bond acceptors (Lipinski definition) is 5. The van der Waals surface area contributed by atoms with Gasteiger partial charge in [0.05, 0.1) is 25.5 Å². The molecule has 1 heterocycles. The van der Waals surface area contributed by atoms with Gasteiger partial charge in [-0.3, -0.25) is 4.79 Å². The Labute approximate surface area is 117 Å². The van der Waals surface area contributed by atoms with Crippen LogP contribution in [0.5, 0.6) is 11.5 Å². The van der Waals surface area contributed by atoms with E-state index in [1.807, 2.05) is 24.3 Å². The van der Waals surface area contributed by atoms with Crippen LogP contribution in [0, 0.1) is 0 Å². The molecule has 0 radical (unpaired) electrons. The van der Waals surface area contributed by atoms with E-state index >= 15 is 0 Å². The van der Waals surface area contributed by atoms with Crippen LogP contribution in [0.4, 0.5) is 5.69 Å². The van der Waals surface area contributed by atoms with Gasteiger partial charge >= 0.3 is 0 Å². The highest BCUT2D eigenvalue weighted by Gasteiger charge is 2.00. The lowest BCUT2D eigenvalue weighted by atomic mass is 10.3. The first-order valence-corrected chi connectivity index (χ1v) is 6.24. The average molecular weight is 275 g/mol. The lowest BCUT2D eigenvalue weighted by molar-refractivity contribution is 0.287. The molecular formula is C14H17N3O3. The zero-order chi connectivity index (χ0) is 14.4. The first-order chi connectivity index (χ1) is 9.72. The van der Waals surface area contributed by atoms with Gasteiger partial charge in [-0.15, -0.1) is 0 Å². The number of rotatable bonds is 6. The van der Waals surface area contributed by atoms with Crippen molar-refractivity contribution in [1.82, 2.24) is 9.78 Å². The quantitative estimate of drug-likeness (QED) is 0.862. The predicted molar refractivity (Wildman–Crippen MR) is 76.5 cm³/mol. The van der Waals surface area contributed by atoms with Crippen molar-refractivity contribution in [3.05, 3.63) is 46.9 Å². The maximum atomic E-state index is 11.7. The summed E-state index contributed by atoms with van der Waals surface area (Å²) in [6, 6.07) is 8.78. The molecule has 0 amide bonds. The number of aromatic nitrogens is 2. The van der Waals surface area contributed by atoms with E-state index < -0.39 is 0 Å². The summed E-state index contributed by atoms with van der Waals surface area (Å²) in [5.41, 5.74) is 0.539. The minimum absolute atomic E-state index is 0.157. The Hall–Kier alpha value is -2.50. The highest BCUT2D eigenvalue weighted by molar-refractivity contribution is 5.37. The van der Waals surface area contributed by atoms with Crippen LogP contribution in [0.25, 0.3) is 0 Å². The van der Waals surface area contributed by atoms with E-state index in [4.69, 9.17) is 9.47 Å². The third-order valence-electron chi connectivity index (χ3n) is 2.79. The molecule has 1 aromatic carbocycles. The van der Waals surface area contributed by atoms with Crippen LogP contribution in [0.2, 0.25) is 0 Å². The van der Waals surface area contributed by atoms with Crippen molar-refractivity contribution in [2.45, 2.75) is 6.54 Å². The van der Waals surface area contributed by atoms with E-state index in [0.29, 0.717) is 18.8 Å². The summed E-state index contributed by atoms with van der Waals surface area (Å²) < 4.78 is 12.0. The van der Waals surface area contributed by atoms with Gasteiger partial charge < -0.3 is 14.8 Å². The molecule has 0 aliphatic heterocycles. The van der Waals surface area contributed by atoms with Crippen LogP contribution in [0.3, 0.4) is 0 Å². The third kappa shape index (κ3) is 3.50. The molecule has 0 aliphatic carbocycles. The molecule has 2 aromatic rings. The summed E-state index contributed by atoms with van der Waals surface area (Å²) in [7, 11) is 3.36. The summed E-state index contributed by atoms with van der Waals surface area (Å²) in [5, 5.41) is 6.92. The number of ether oxygens (including phenoxy) is 2. The fraction of sp³-hybridized carbons (Fsp3) is 0.286. The lowest BCUT2D eigenvalue weighted by Gasteiger charge is -2.08. The van der Waals surface area contributed by atoms with Crippen LogP contribution in [-0.2, 0) is 6.54 Å². The molecule has 1 aromatic heterocycles. The zero-order valence-corrected chi connectivity index (χ0v) is 11.5. The van der Waals surface area contributed by atoms with Gasteiger partial charge in [-0.1, -0.05) is 0 Å². The molecule has 1 N–H and O–H groups in total. The van der Waals surface area contributed by atoms with Gasteiger partial charge in [0.25, 0.3) is 5.56 Å². The second kappa shape index (κ2) is 6.60. The first kappa shape index (κ1) is 13.9. The van der Waals surface area contributed by atoms with Crippen molar-refractivity contribution in [1.29, 1.82) is 0 Å². The molecule has 106 valence electrons. The molecule has 6 heteroatoms. The van der Waals surface area contributed by atoms with Gasteiger partial charge in [-0.05, 0) is 24.3 Å². The van der Waals surface area contributed by atoms with Crippen molar-refractivity contribution < 1.29 is 9.47 Å². The largest absolute Gasteiger partial charge is 0.497 e. The number of methoxy groups -OCH3 is 1. The maximum Gasteiger partial charge on any atom is 0.268 e. The number of nitrogens with zero attached hydrogens (tertiary/aromatic N) is 2. The Morgan fingerprint density at radius 1 is 1.25 bits per heavy atom. The molecule has 0 saturated carbocycles. The smallest absolute Gasteiger partial charge is 0.268 e. The predicted octanol–water partition coefficient (Wildman–Crippen LogP) is 1.37. The Morgan fingerprint density at radius 3 is 2.55 bits per heavy atom. The fourth-order valence-corrected chi connectivity index (χ4v) is 1.66. The van der Waals surface area contributed by atoms with Crippen molar-refractivity contribution in [2.75, 3.05) is 26.1 Å². The van der Waals surface area contributed by atoms with Gasteiger partial charge in [0.1, 0.15) is 18.1 Å². The highest BCUT2D eigenvalue weighted by atomic mass is 16.5. The monoisotopic (exact) mass is 275 g/mol. The second-order valence-corrected chi connectivity index (χ2v) is 4.08. The molecule has 20 heavy (non-hydrogen) atoms. The van der Waals surface area contributed by atoms with Crippen molar-refractivity contribution in [3.8, 4) is 11.5 Å². The normalized spacial score (nSPS) is 10.1. The minimum Gasteiger partial charge on any atom is -0.497 e. The maximum absolute atomic E-state index is 11.7. The van der Waals surface area contributed by atoms with Crippen LogP contribution in [-0.4, -0.2) is 30.5 Å². The molecule has 0 bridgehead atoms. The van der Waals surface area contributed by atoms with Crippen LogP contribution < -0.4 is 20.3 Å². The average Bonchev–Trinajstić information content (AvgIpc) is 2.49. The lowest BCUT2D eigenvalue weighted by Crippen LogP contribution is -2.25. The number of nitrogens with one attached hydrogen (secondary N) is 1. The first-order valence-electron chi connectivity index (χ1n) is 6.24. The Bertz CT molecular complexity index is 608. The van der Waals surface area contributed by atoms with Gasteiger partial charge in [0, 0.05) is 13.1 Å². The van der Waals surface area contributed by atoms with Gasteiger partial charge in [0.2, 0.25) is 0 Å². The summed E-state index contributed by atoms with van der Waals surface area (Å²) in [5.74, 6) is 1.50. The Morgan fingerprint density at radius 2 is 1.95 bits per heavy atom. The summed E-state index contributed by atoms with van der Waals surface area (Å²) in [4.78, 5) is 11.7.